The highest BCUT2D eigenvalue weighted by molar-refractivity contribution is 9.10. The third-order valence-corrected chi connectivity index (χ3v) is 6.26. The van der Waals surface area contributed by atoms with Gasteiger partial charge in [0.15, 0.2) is 5.69 Å². The summed E-state index contributed by atoms with van der Waals surface area (Å²) >= 11 is 3.62. The van der Waals surface area contributed by atoms with Gasteiger partial charge < -0.3 is 9.47 Å². The van der Waals surface area contributed by atoms with Gasteiger partial charge in [0.05, 0.1) is 5.69 Å². The Labute approximate surface area is 184 Å². The van der Waals surface area contributed by atoms with E-state index >= 15 is 0 Å². The van der Waals surface area contributed by atoms with Gasteiger partial charge in [-0.15, -0.1) is 10.2 Å². The quantitative estimate of drug-likeness (QED) is 0.586. The topological polar surface area (TPSA) is 67.2 Å². The first kappa shape index (κ1) is 20.7. The van der Waals surface area contributed by atoms with Crippen molar-refractivity contribution in [2.75, 3.05) is 27.2 Å². The van der Waals surface area contributed by atoms with Crippen LogP contribution in [-0.4, -0.2) is 62.6 Å². The summed E-state index contributed by atoms with van der Waals surface area (Å²) in [6, 6.07) is 6.02. The van der Waals surface area contributed by atoms with Gasteiger partial charge in [0.25, 0.3) is 5.91 Å². The van der Waals surface area contributed by atoms with Crippen molar-refractivity contribution >= 4 is 38.4 Å². The van der Waals surface area contributed by atoms with Crippen LogP contribution in [0, 0.1) is 6.92 Å². The van der Waals surface area contributed by atoms with E-state index < -0.39 is 0 Å². The summed E-state index contributed by atoms with van der Waals surface area (Å²) in [5.74, 6) is -0.128. The lowest BCUT2D eigenvalue weighted by atomic mass is 10.0. The second-order valence-electron chi connectivity index (χ2n) is 7.90. The van der Waals surface area contributed by atoms with Gasteiger partial charge in [-0.3, -0.25) is 9.69 Å². The van der Waals surface area contributed by atoms with E-state index in [1.54, 1.807) is 14.1 Å². The van der Waals surface area contributed by atoms with Gasteiger partial charge in [-0.25, -0.2) is 4.98 Å². The molecule has 0 fully saturated rings. The van der Waals surface area contributed by atoms with Crippen LogP contribution in [0.5, 0.6) is 0 Å². The number of nitrogens with zero attached hydrogens (tertiary/aromatic N) is 6. The minimum absolute atomic E-state index is 0.128. The van der Waals surface area contributed by atoms with E-state index in [-0.39, 0.29) is 5.91 Å². The molecule has 0 unspecified atom stereocenters. The van der Waals surface area contributed by atoms with E-state index in [1.807, 2.05) is 25.3 Å². The molecule has 3 aromatic rings. The zero-order valence-electron chi connectivity index (χ0n) is 17.7. The summed E-state index contributed by atoms with van der Waals surface area (Å²) in [4.78, 5) is 20.5. The molecule has 1 aliphatic heterocycles. The van der Waals surface area contributed by atoms with Crippen molar-refractivity contribution in [3.63, 3.8) is 0 Å². The highest BCUT2D eigenvalue weighted by Gasteiger charge is 2.19. The summed E-state index contributed by atoms with van der Waals surface area (Å²) < 4.78 is 3.23. The van der Waals surface area contributed by atoms with Gasteiger partial charge >= 0.3 is 0 Å². The van der Waals surface area contributed by atoms with Crippen LogP contribution in [0.2, 0.25) is 0 Å². The number of hydrogen-bond acceptors (Lipinski definition) is 5. The monoisotopic (exact) mass is 468 g/mol. The predicted molar refractivity (Wildman–Crippen MR) is 121 cm³/mol. The SMILES string of the molecule is Cc1cc(C(=O)N(C)C)nnc1C1=CCN(Cc2cc3c(Br)ccnc3n2C)CC1. The maximum absolute atomic E-state index is 12.1. The van der Waals surface area contributed by atoms with E-state index in [0.717, 1.165) is 52.8 Å². The molecule has 0 saturated heterocycles. The number of pyridine rings is 1. The normalized spacial score (nSPS) is 14.8. The zero-order chi connectivity index (χ0) is 21.4. The summed E-state index contributed by atoms with van der Waals surface area (Å²) in [5, 5.41) is 9.66. The Morgan fingerprint density at radius 2 is 2.07 bits per heavy atom. The van der Waals surface area contributed by atoms with Gasteiger partial charge in [-0.05, 0) is 58.6 Å². The van der Waals surface area contributed by atoms with Gasteiger partial charge in [-0.1, -0.05) is 6.08 Å². The molecule has 1 aliphatic rings. The first-order chi connectivity index (χ1) is 14.3. The van der Waals surface area contributed by atoms with Gasteiger partial charge in [0.1, 0.15) is 5.65 Å². The number of hydrogen-bond donors (Lipinski definition) is 0. The molecule has 0 bridgehead atoms. The molecule has 1 amide bonds. The molecule has 156 valence electrons. The van der Waals surface area contributed by atoms with Crippen molar-refractivity contribution in [1.29, 1.82) is 0 Å². The Bertz CT molecular complexity index is 1150. The minimum atomic E-state index is -0.128. The number of amides is 1. The molecule has 4 heterocycles. The largest absolute Gasteiger partial charge is 0.343 e. The smallest absolute Gasteiger partial charge is 0.273 e. The molecule has 7 nitrogen and oxygen atoms in total. The maximum atomic E-state index is 12.1. The summed E-state index contributed by atoms with van der Waals surface area (Å²) in [7, 11) is 5.50. The first-order valence-electron chi connectivity index (χ1n) is 9.91. The van der Waals surface area contributed by atoms with Crippen molar-refractivity contribution in [2.45, 2.75) is 19.9 Å². The number of fused-ring (bicyclic) bond motifs is 1. The summed E-state index contributed by atoms with van der Waals surface area (Å²) in [6.45, 7) is 4.65. The predicted octanol–water partition coefficient (Wildman–Crippen LogP) is 3.43. The van der Waals surface area contributed by atoms with Crippen LogP contribution in [0.15, 0.2) is 34.9 Å². The molecule has 0 spiro atoms. The van der Waals surface area contributed by atoms with Gasteiger partial charge in [0, 0.05) is 62.5 Å². The fourth-order valence-corrected chi connectivity index (χ4v) is 4.24. The number of aromatic nitrogens is 4. The lowest BCUT2D eigenvalue weighted by Gasteiger charge is -2.26. The molecule has 0 aliphatic carbocycles. The van der Waals surface area contributed by atoms with E-state index in [4.69, 9.17) is 0 Å². The van der Waals surface area contributed by atoms with E-state index in [9.17, 15) is 4.79 Å². The third-order valence-electron chi connectivity index (χ3n) is 5.57. The first-order valence-corrected chi connectivity index (χ1v) is 10.7. The molecule has 0 atom stereocenters. The molecule has 8 heteroatoms. The van der Waals surface area contributed by atoms with Crippen LogP contribution < -0.4 is 0 Å². The van der Waals surface area contributed by atoms with Crippen LogP contribution in [-0.2, 0) is 13.6 Å². The van der Waals surface area contributed by atoms with Crippen LogP contribution in [0.25, 0.3) is 16.6 Å². The average molecular weight is 469 g/mol. The van der Waals surface area contributed by atoms with Crippen LogP contribution in [0.4, 0.5) is 0 Å². The summed E-state index contributed by atoms with van der Waals surface area (Å²) in [6.07, 6.45) is 4.96. The Morgan fingerprint density at radius 1 is 1.27 bits per heavy atom. The fourth-order valence-electron chi connectivity index (χ4n) is 3.83. The lowest BCUT2D eigenvalue weighted by Crippen LogP contribution is -2.29. The van der Waals surface area contributed by atoms with E-state index in [1.165, 1.54) is 16.2 Å². The van der Waals surface area contributed by atoms with Crippen LogP contribution >= 0.6 is 15.9 Å². The van der Waals surface area contributed by atoms with Crippen molar-refractivity contribution in [1.82, 2.24) is 29.5 Å². The highest BCUT2D eigenvalue weighted by Crippen LogP contribution is 2.27. The summed E-state index contributed by atoms with van der Waals surface area (Å²) in [5.41, 5.74) is 5.69. The number of aryl methyl sites for hydroxylation is 2. The molecular weight excluding hydrogens is 444 g/mol. The minimum Gasteiger partial charge on any atom is -0.343 e. The fraction of sp³-hybridized carbons (Fsp3) is 0.364. The number of carbonyl (C=O) groups is 1. The third kappa shape index (κ3) is 3.89. The Kier molecular flexibility index (Phi) is 5.71. The second-order valence-corrected chi connectivity index (χ2v) is 8.75. The number of carbonyl (C=O) groups excluding carboxylic acids is 1. The van der Waals surface area contributed by atoms with E-state index in [2.05, 4.69) is 59.8 Å². The number of rotatable bonds is 4. The van der Waals surface area contributed by atoms with Crippen molar-refractivity contribution < 1.29 is 4.79 Å². The highest BCUT2D eigenvalue weighted by atomic mass is 79.9. The molecule has 30 heavy (non-hydrogen) atoms. The average Bonchev–Trinajstić information content (AvgIpc) is 3.05. The standard InChI is InChI=1S/C22H25BrN6O/c1-14-11-19(22(30)27(2)3)25-26-20(14)15-6-9-29(10-7-15)13-16-12-17-18(23)5-8-24-21(17)28(16)4/h5-6,8,11-12H,7,9-10,13H2,1-4H3. The lowest BCUT2D eigenvalue weighted by molar-refractivity contribution is 0.0820. The van der Waals surface area contributed by atoms with E-state index in [0.29, 0.717) is 5.69 Å². The van der Waals surface area contributed by atoms with Crippen molar-refractivity contribution in [3.8, 4) is 0 Å². The Hall–Kier alpha value is -2.58. The zero-order valence-corrected chi connectivity index (χ0v) is 19.3. The maximum Gasteiger partial charge on any atom is 0.273 e. The van der Waals surface area contributed by atoms with Gasteiger partial charge in [0.2, 0.25) is 0 Å². The molecule has 0 radical (unpaired) electrons. The van der Waals surface area contributed by atoms with Crippen molar-refractivity contribution in [2.24, 2.45) is 7.05 Å². The molecule has 0 N–H and O–H groups in total. The van der Waals surface area contributed by atoms with Gasteiger partial charge in [-0.2, -0.15) is 0 Å². The Morgan fingerprint density at radius 3 is 2.70 bits per heavy atom. The molecule has 3 aromatic heterocycles. The molecule has 0 saturated carbocycles. The molecule has 4 rings (SSSR count). The molecular formula is C22H25BrN6O. The number of halogens is 1. The Balaban J connectivity index is 1.49. The van der Waals surface area contributed by atoms with Crippen LogP contribution in [0.1, 0.15) is 33.9 Å². The van der Waals surface area contributed by atoms with Crippen LogP contribution in [0.3, 0.4) is 0 Å². The molecule has 0 aromatic carbocycles. The second kappa shape index (κ2) is 8.28. The van der Waals surface area contributed by atoms with Crippen molar-refractivity contribution in [3.05, 3.63) is 57.6 Å².